The van der Waals surface area contributed by atoms with Crippen LogP contribution < -0.4 is 5.73 Å². The van der Waals surface area contributed by atoms with Crippen molar-refractivity contribution in [3.8, 4) is 0 Å². The maximum atomic E-state index is 12.0. The molecule has 0 aliphatic heterocycles. The summed E-state index contributed by atoms with van der Waals surface area (Å²) in [6.45, 7) is 0. The summed E-state index contributed by atoms with van der Waals surface area (Å²) in [7, 11) is 0. The molecule has 0 amide bonds. The molecule has 1 aliphatic carbocycles. The van der Waals surface area contributed by atoms with Gasteiger partial charge in [-0.25, -0.2) is 0 Å². The van der Waals surface area contributed by atoms with Crippen LogP contribution in [0.25, 0.3) is 0 Å². The molecule has 16 heavy (non-hydrogen) atoms. The van der Waals surface area contributed by atoms with Crippen LogP contribution in [-0.2, 0) is 11.2 Å². The van der Waals surface area contributed by atoms with Crippen molar-refractivity contribution in [2.24, 2.45) is 11.7 Å². The minimum atomic E-state index is -0.314. The normalized spacial score (nSPS) is 18.6. The molecule has 0 aromatic heterocycles. The van der Waals surface area contributed by atoms with Crippen molar-refractivity contribution in [1.29, 1.82) is 0 Å². The molecule has 1 aliphatic rings. The Morgan fingerprint density at radius 2 is 1.88 bits per heavy atom. The number of rotatable bonds is 4. The van der Waals surface area contributed by atoms with E-state index < -0.39 is 0 Å². The third-order valence-electron chi connectivity index (χ3n) is 3.42. The predicted octanol–water partition coefficient (Wildman–Crippen LogP) is 2.32. The van der Waals surface area contributed by atoms with Crippen molar-refractivity contribution in [1.82, 2.24) is 0 Å². The standard InChI is InChI=1S/C14H19NO/c15-13(10-11-6-2-1-3-7-11)14(16)12-8-4-5-9-12/h1-3,6-7,12-13H,4-5,8-10,15H2. The Labute approximate surface area is 96.8 Å². The van der Waals surface area contributed by atoms with Crippen molar-refractivity contribution < 1.29 is 4.79 Å². The fourth-order valence-electron chi connectivity index (χ4n) is 2.48. The van der Waals surface area contributed by atoms with E-state index in [9.17, 15) is 4.79 Å². The van der Waals surface area contributed by atoms with E-state index in [0.717, 1.165) is 18.4 Å². The topological polar surface area (TPSA) is 43.1 Å². The molecule has 0 bridgehead atoms. The van der Waals surface area contributed by atoms with Crippen molar-refractivity contribution in [2.75, 3.05) is 0 Å². The number of carbonyl (C=O) groups is 1. The van der Waals surface area contributed by atoms with Gasteiger partial charge in [-0.3, -0.25) is 4.79 Å². The molecular formula is C14H19NO. The van der Waals surface area contributed by atoms with Gasteiger partial charge < -0.3 is 5.73 Å². The summed E-state index contributed by atoms with van der Waals surface area (Å²) >= 11 is 0. The number of nitrogens with two attached hydrogens (primary N) is 1. The van der Waals surface area contributed by atoms with Crippen LogP contribution in [0.4, 0.5) is 0 Å². The quantitative estimate of drug-likeness (QED) is 0.841. The van der Waals surface area contributed by atoms with Gasteiger partial charge in [0, 0.05) is 5.92 Å². The molecule has 1 atom stereocenters. The first kappa shape index (κ1) is 11.3. The van der Waals surface area contributed by atoms with Crippen molar-refractivity contribution in [2.45, 2.75) is 38.1 Å². The molecule has 2 heteroatoms. The van der Waals surface area contributed by atoms with Gasteiger partial charge in [0.25, 0.3) is 0 Å². The van der Waals surface area contributed by atoms with E-state index in [-0.39, 0.29) is 17.7 Å². The molecule has 1 unspecified atom stereocenters. The average Bonchev–Trinajstić information content (AvgIpc) is 2.83. The molecule has 0 radical (unpaired) electrons. The maximum Gasteiger partial charge on any atom is 0.152 e. The first-order chi connectivity index (χ1) is 7.77. The van der Waals surface area contributed by atoms with Gasteiger partial charge in [0.15, 0.2) is 5.78 Å². The minimum absolute atomic E-state index is 0.235. The fourth-order valence-corrected chi connectivity index (χ4v) is 2.48. The summed E-state index contributed by atoms with van der Waals surface area (Å²) in [5, 5.41) is 0. The number of Topliss-reactive ketones (excluding diaryl/α,β-unsaturated/α-hetero) is 1. The lowest BCUT2D eigenvalue weighted by atomic mass is 9.93. The Hall–Kier alpha value is -1.15. The molecule has 1 saturated carbocycles. The predicted molar refractivity (Wildman–Crippen MR) is 65.1 cm³/mol. The maximum absolute atomic E-state index is 12.0. The number of ketones is 1. The Bertz CT molecular complexity index is 341. The van der Waals surface area contributed by atoms with Crippen molar-refractivity contribution in [3.05, 3.63) is 35.9 Å². The van der Waals surface area contributed by atoms with Gasteiger partial charge in [0.2, 0.25) is 0 Å². The average molecular weight is 217 g/mol. The molecule has 1 aromatic rings. The van der Waals surface area contributed by atoms with E-state index in [0.29, 0.717) is 6.42 Å². The molecule has 0 spiro atoms. The lowest BCUT2D eigenvalue weighted by molar-refractivity contribution is -0.123. The summed E-state index contributed by atoms with van der Waals surface area (Å²) in [6.07, 6.45) is 5.14. The van der Waals surface area contributed by atoms with E-state index in [4.69, 9.17) is 5.73 Å². The van der Waals surface area contributed by atoms with Crippen LogP contribution in [0.5, 0.6) is 0 Å². The molecule has 0 heterocycles. The molecule has 1 aromatic carbocycles. The highest BCUT2D eigenvalue weighted by Crippen LogP contribution is 2.26. The molecule has 0 saturated heterocycles. The van der Waals surface area contributed by atoms with E-state index in [1.165, 1.54) is 12.8 Å². The van der Waals surface area contributed by atoms with Gasteiger partial charge in [0.05, 0.1) is 6.04 Å². The number of benzene rings is 1. The van der Waals surface area contributed by atoms with Crippen LogP contribution in [0.15, 0.2) is 30.3 Å². The third kappa shape index (κ3) is 2.70. The van der Waals surface area contributed by atoms with Crippen LogP contribution >= 0.6 is 0 Å². The summed E-state index contributed by atoms with van der Waals surface area (Å²) in [5.41, 5.74) is 7.13. The van der Waals surface area contributed by atoms with Crippen molar-refractivity contribution in [3.63, 3.8) is 0 Å². The second-order valence-corrected chi connectivity index (χ2v) is 4.68. The van der Waals surface area contributed by atoms with Crippen LogP contribution in [0.2, 0.25) is 0 Å². The fraction of sp³-hybridized carbons (Fsp3) is 0.500. The molecular weight excluding hydrogens is 198 g/mol. The Morgan fingerprint density at radius 1 is 1.25 bits per heavy atom. The molecule has 1 fully saturated rings. The summed E-state index contributed by atoms with van der Waals surface area (Å²) in [5.74, 6) is 0.500. The van der Waals surface area contributed by atoms with Gasteiger partial charge in [0.1, 0.15) is 0 Å². The zero-order chi connectivity index (χ0) is 11.4. The molecule has 86 valence electrons. The third-order valence-corrected chi connectivity index (χ3v) is 3.42. The zero-order valence-corrected chi connectivity index (χ0v) is 9.56. The van der Waals surface area contributed by atoms with Gasteiger partial charge in [-0.2, -0.15) is 0 Å². The summed E-state index contributed by atoms with van der Waals surface area (Å²) in [6, 6.07) is 9.70. The Kier molecular flexibility index (Phi) is 3.73. The zero-order valence-electron chi connectivity index (χ0n) is 9.56. The highest BCUT2D eigenvalue weighted by molar-refractivity contribution is 5.86. The highest BCUT2D eigenvalue weighted by Gasteiger charge is 2.26. The second kappa shape index (κ2) is 5.26. The van der Waals surface area contributed by atoms with E-state index >= 15 is 0 Å². The summed E-state index contributed by atoms with van der Waals surface area (Å²) in [4.78, 5) is 12.0. The van der Waals surface area contributed by atoms with E-state index in [1.54, 1.807) is 0 Å². The van der Waals surface area contributed by atoms with Gasteiger partial charge >= 0.3 is 0 Å². The largest absolute Gasteiger partial charge is 0.321 e. The minimum Gasteiger partial charge on any atom is -0.321 e. The van der Waals surface area contributed by atoms with Crippen LogP contribution in [0.1, 0.15) is 31.2 Å². The SMILES string of the molecule is NC(Cc1ccccc1)C(=O)C1CCCC1. The lowest BCUT2D eigenvalue weighted by Crippen LogP contribution is -2.36. The molecule has 2 nitrogen and oxygen atoms in total. The number of carbonyl (C=O) groups excluding carboxylic acids is 1. The van der Waals surface area contributed by atoms with E-state index in [2.05, 4.69) is 0 Å². The summed E-state index contributed by atoms with van der Waals surface area (Å²) < 4.78 is 0. The highest BCUT2D eigenvalue weighted by atomic mass is 16.1. The first-order valence-corrected chi connectivity index (χ1v) is 6.10. The smallest absolute Gasteiger partial charge is 0.152 e. The van der Waals surface area contributed by atoms with Crippen LogP contribution in [-0.4, -0.2) is 11.8 Å². The van der Waals surface area contributed by atoms with Crippen LogP contribution in [0.3, 0.4) is 0 Å². The second-order valence-electron chi connectivity index (χ2n) is 4.68. The van der Waals surface area contributed by atoms with Gasteiger partial charge in [-0.1, -0.05) is 43.2 Å². The van der Waals surface area contributed by atoms with Crippen molar-refractivity contribution >= 4 is 5.78 Å². The Morgan fingerprint density at radius 3 is 2.50 bits per heavy atom. The van der Waals surface area contributed by atoms with Gasteiger partial charge in [-0.15, -0.1) is 0 Å². The molecule has 2 rings (SSSR count). The Balaban J connectivity index is 1.92. The van der Waals surface area contributed by atoms with Gasteiger partial charge in [-0.05, 0) is 24.8 Å². The number of hydrogen-bond donors (Lipinski definition) is 1. The monoisotopic (exact) mass is 217 g/mol. The number of hydrogen-bond acceptors (Lipinski definition) is 2. The van der Waals surface area contributed by atoms with Crippen LogP contribution in [0, 0.1) is 5.92 Å². The van der Waals surface area contributed by atoms with E-state index in [1.807, 2.05) is 30.3 Å². The first-order valence-electron chi connectivity index (χ1n) is 6.10. The lowest BCUT2D eigenvalue weighted by Gasteiger charge is -2.15. The molecule has 2 N–H and O–H groups in total.